The van der Waals surface area contributed by atoms with Gasteiger partial charge in [-0.25, -0.2) is 0 Å². The first-order valence-electron chi connectivity index (χ1n) is 13.8. The van der Waals surface area contributed by atoms with Crippen molar-refractivity contribution in [1.82, 2.24) is 19.9 Å². The van der Waals surface area contributed by atoms with Gasteiger partial charge in [-0.3, -0.25) is 9.97 Å². The van der Waals surface area contributed by atoms with E-state index in [1.54, 1.807) is 18.6 Å². The Hall–Kier alpha value is -3.31. The van der Waals surface area contributed by atoms with Gasteiger partial charge >= 0.3 is 0 Å². The summed E-state index contributed by atoms with van der Waals surface area (Å²) in [4.78, 5) is 17.4. The third kappa shape index (κ3) is 8.35. The van der Waals surface area contributed by atoms with Crippen LogP contribution in [0.25, 0.3) is 33.6 Å². The SMILES string of the molecule is CC(C)c1cc(-c2[c-]cccc2)ncc1[Si](C)(C)C.CC(C)c1cc(-c2[c-]cncc2)ncc1-c1cccnc1.[Ir]. The predicted molar refractivity (Wildman–Crippen MR) is 169 cm³/mol. The van der Waals surface area contributed by atoms with Crippen LogP contribution >= 0.6 is 0 Å². The Morgan fingerprint density at radius 1 is 0.683 bits per heavy atom. The van der Waals surface area contributed by atoms with Gasteiger partial charge in [0.05, 0.1) is 8.07 Å². The van der Waals surface area contributed by atoms with Gasteiger partial charge in [0.2, 0.25) is 0 Å². The summed E-state index contributed by atoms with van der Waals surface area (Å²) >= 11 is 0. The molecule has 0 unspecified atom stereocenters. The van der Waals surface area contributed by atoms with E-state index >= 15 is 0 Å². The molecule has 0 bridgehead atoms. The van der Waals surface area contributed by atoms with Crippen LogP contribution in [0, 0.1) is 12.1 Å². The van der Waals surface area contributed by atoms with Crippen LogP contribution in [0.1, 0.15) is 50.7 Å². The van der Waals surface area contributed by atoms with Crippen molar-refractivity contribution in [3.63, 3.8) is 0 Å². The molecule has 0 spiro atoms. The van der Waals surface area contributed by atoms with Crippen LogP contribution in [-0.2, 0) is 20.1 Å². The molecule has 0 saturated heterocycles. The van der Waals surface area contributed by atoms with Gasteiger partial charge in [0.1, 0.15) is 0 Å². The van der Waals surface area contributed by atoms with Gasteiger partial charge in [0.15, 0.2) is 0 Å². The van der Waals surface area contributed by atoms with Crippen LogP contribution in [-0.4, -0.2) is 28.0 Å². The molecule has 6 heteroatoms. The van der Waals surface area contributed by atoms with Crippen LogP contribution in [0.5, 0.6) is 0 Å². The molecule has 5 rings (SSSR count). The molecular weight excluding hydrogens is 697 g/mol. The minimum absolute atomic E-state index is 0. The molecule has 0 atom stereocenters. The van der Waals surface area contributed by atoms with Crippen LogP contribution in [0.15, 0.2) is 91.8 Å². The van der Waals surface area contributed by atoms with Crippen molar-refractivity contribution in [2.45, 2.75) is 59.2 Å². The van der Waals surface area contributed by atoms with Gasteiger partial charge in [-0.2, -0.15) is 11.6 Å². The Kier molecular flexibility index (Phi) is 11.4. The summed E-state index contributed by atoms with van der Waals surface area (Å²) in [5.41, 5.74) is 8.94. The van der Waals surface area contributed by atoms with Crippen molar-refractivity contribution in [3.05, 3.63) is 115 Å². The summed E-state index contributed by atoms with van der Waals surface area (Å²) < 4.78 is 0. The first-order valence-corrected chi connectivity index (χ1v) is 17.3. The third-order valence-corrected chi connectivity index (χ3v) is 8.81. The number of nitrogens with zero attached hydrogens (tertiary/aromatic N) is 4. The number of rotatable bonds is 6. The Morgan fingerprint density at radius 3 is 1.93 bits per heavy atom. The first-order chi connectivity index (χ1) is 19.1. The summed E-state index contributed by atoms with van der Waals surface area (Å²) in [6, 6.07) is 24.8. The molecule has 1 aromatic carbocycles. The van der Waals surface area contributed by atoms with Gasteiger partial charge in [0, 0.05) is 56.0 Å². The zero-order valence-corrected chi connectivity index (χ0v) is 28.3. The van der Waals surface area contributed by atoms with E-state index in [9.17, 15) is 0 Å². The van der Waals surface area contributed by atoms with Crippen molar-refractivity contribution >= 4 is 13.3 Å². The largest absolute Gasteiger partial charge is 0.320 e. The van der Waals surface area contributed by atoms with Crippen molar-refractivity contribution < 1.29 is 20.1 Å². The van der Waals surface area contributed by atoms with Gasteiger partial charge in [-0.1, -0.05) is 71.1 Å². The molecule has 4 heterocycles. The van der Waals surface area contributed by atoms with Crippen LogP contribution in [0.4, 0.5) is 0 Å². The summed E-state index contributed by atoms with van der Waals surface area (Å²) in [7, 11) is -1.34. The predicted octanol–water partition coefficient (Wildman–Crippen LogP) is 8.34. The number of hydrogen-bond donors (Lipinski definition) is 0. The molecule has 0 aliphatic heterocycles. The van der Waals surface area contributed by atoms with Crippen LogP contribution < -0.4 is 5.19 Å². The minimum atomic E-state index is -1.34. The molecule has 41 heavy (non-hydrogen) atoms. The zero-order chi connectivity index (χ0) is 28.7. The summed E-state index contributed by atoms with van der Waals surface area (Å²) in [6.45, 7) is 16.0. The molecule has 0 aliphatic rings. The van der Waals surface area contributed by atoms with Crippen molar-refractivity contribution in [2.75, 3.05) is 0 Å². The summed E-state index contributed by atoms with van der Waals surface area (Å²) in [6.07, 6.45) is 11.1. The summed E-state index contributed by atoms with van der Waals surface area (Å²) in [5, 5.41) is 1.47. The second-order valence-electron chi connectivity index (χ2n) is 11.5. The van der Waals surface area contributed by atoms with Gasteiger partial charge in [0.25, 0.3) is 0 Å². The summed E-state index contributed by atoms with van der Waals surface area (Å²) in [5.74, 6) is 0.941. The van der Waals surface area contributed by atoms with E-state index in [2.05, 4.69) is 110 Å². The van der Waals surface area contributed by atoms with Crippen molar-refractivity contribution in [1.29, 1.82) is 0 Å². The van der Waals surface area contributed by atoms with E-state index in [4.69, 9.17) is 0 Å². The molecule has 4 nitrogen and oxygen atoms in total. The molecule has 0 aliphatic carbocycles. The molecule has 4 aromatic heterocycles. The van der Waals surface area contributed by atoms with E-state index < -0.39 is 8.07 Å². The van der Waals surface area contributed by atoms with E-state index in [-0.39, 0.29) is 20.1 Å². The second kappa shape index (κ2) is 14.5. The number of pyridine rings is 4. The molecule has 0 saturated carbocycles. The third-order valence-electron chi connectivity index (χ3n) is 6.78. The molecular formula is C35H38IrN4Si-2. The normalized spacial score (nSPS) is 11.0. The minimum Gasteiger partial charge on any atom is -0.320 e. The number of benzene rings is 1. The average Bonchev–Trinajstić information content (AvgIpc) is 2.98. The molecule has 1 radical (unpaired) electrons. The topological polar surface area (TPSA) is 51.6 Å². The van der Waals surface area contributed by atoms with Gasteiger partial charge in [-0.05, 0) is 52.4 Å². The fourth-order valence-electron chi connectivity index (χ4n) is 4.61. The van der Waals surface area contributed by atoms with E-state index in [0.717, 1.165) is 33.6 Å². The van der Waals surface area contributed by atoms with Crippen LogP contribution in [0.2, 0.25) is 19.6 Å². The molecule has 213 valence electrons. The maximum Gasteiger partial charge on any atom is 0.0799 e. The maximum atomic E-state index is 4.66. The van der Waals surface area contributed by atoms with Crippen molar-refractivity contribution in [3.8, 4) is 33.6 Å². The fraction of sp³-hybridized carbons (Fsp3) is 0.257. The Balaban J connectivity index is 0.000000221. The molecule has 0 fully saturated rings. The number of aromatic nitrogens is 4. The van der Waals surface area contributed by atoms with E-state index in [1.807, 2.05) is 42.7 Å². The number of hydrogen-bond acceptors (Lipinski definition) is 4. The molecule has 5 aromatic rings. The first kappa shape index (κ1) is 32.2. The molecule has 0 N–H and O–H groups in total. The monoisotopic (exact) mass is 735 g/mol. The van der Waals surface area contributed by atoms with Gasteiger partial charge < -0.3 is 9.97 Å². The molecule has 0 amide bonds. The quantitative estimate of drug-likeness (QED) is 0.130. The Bertz CT molecular complexity index is 1520. The average molecular weight is 735 g/mol. The van der Waals surface area contributed by atoms with E-state index in [1.165, 1.54) is 16.3 Å². The Morgan fingerprint density at radius 2 is 1.37 bits per heavy atom. The van der Waals surface area contributed by atoms with E-state index in [0.29, 0.717) is 11.8 Å². The second-order valence-corrected chi connectivity index (χ2v) is 16.6. The van der Waals surface area contributed by atoms with Gasteiger partial charge in [-0.15, -0.1) is 42.0 Å². The Labute approximate surface area is 260 Å². The maximum absolute atomic E-state index is 4.66. The smallest absolute Gasteiger partial charge is 0.0799 e. The standard InChI is InChI=1S/C18H16N3.C17H22NSi.Ir/c1-13(2)16-10-18(14-5-8-19-9-6-14)21-12-17(16)15-4-3-7-20-11-15;1-13(2)15-11-16(14-9-7-6-8-10-14)18-12-17(15)19(3,4)5;/h3-5,7-13H,1-2H3;6-9,11-13H,1-5H3;/q2*-1;. The zero-order valence-electron chi connectivity index (χ0n) is 24.9. The van der Waals surface area contributed by atoms with Crippen LogP contribution in [0.3, 0.4) is 0 Å². The fourth-order valence-corrected chi connectivity index (χ4v) is 6.29. The van der Waals surface area contributed by atoms with Crippen molar-refractivity contribution in [2.24, 2.45) is 0 Å².